The highest BCUT2D eigenvalue weighted by Gasteiger charge is 2.45. The lowest BCUT2D eigenvalue weighted by molar-refractivity contribution is 0.0233. The molecule has 0 radical (unpaired) electrons. The van der Waals surface area contributed by atoms with Gasteiger partial charge in [0.1, 0.15) is 0 Å². The number of hydrogen-bond acceptors (Lipinski definition) is 2. The Balaban J connectivity index is 1.80. The Morgan fingerprint density at radius 1 is 1.50 bits per heavy atom. The molecule has 2 unspecified atom stereocenters. The first-order chi connectivity index (χ1) is 6.72. The van der Waals surface area contributed by atoms with Gasteiger partial charge in [0.15, 0.2) is 0 Å². The van der Waals surface area contributed by atoms with Crippen LogP contribution in [-0.2, 0) is 0 Å². The summed E-state index contributed by atoms with van der Waals surface area (Å²) < 4.78 is 0. The Morgan fingerprint density at radius 2 is 2.14 bits per heavy atom. The topological polar surface area (TPSA) is 58.4 Å². The highest BCUT2D eigenvalue weighted by Crippen LogP contribution is 2.38. The molecule has 3 rings (SSSR count). The molecule has 80 valence electrons. The van der Waals surface area contributed by atoms with Gasteiger partial charge >= 0.3 is 6.03 Å². The zero-order chi connectivity index (χ0) is 10.1. The van der Waals surface area contributed by atoms with Crippen molar-refractivity contribution in [1.29, 1.82) is 0 Å². The summed E-state index contributed by atoms with van der Waals surface area (Å²) in [5.74, 6) is 1.11. The SMILES string of the molecule is CCCNC(=O)N1CC2CC(C1)C2N. The lowest BCUT2D eigenvalue weighted by Gasteiger charge is -2.51. The Morgan fingerprint density at radius 3 is 2.64 bits per heavy atom. The van der Waals surface area contributed by atoms with Crippen LogP contribution in [0.1, 0.15) is 19.8 Å². The molecule has 1 aliphatic carbocycles. The van der Waals surface area contributed by atoms with Crippen molar-refractivity contribution in [3.63, 3.8) is 0 Å². The maximum absolute atomic E-state index is 11.6. The van der Waals surface area contributed by atoms with Crippen LogP contribution in [0.3, 0.4) is 0 Å². The summed E-state index contributed by atoms with van der Waals surface area (Å²) in [6.07, 6.45) is 2.21. The molecule has 2 saturated heterocycles. The fourth-order valence-electron chi connectivity index (χ4n) is 2.43. The number of amides is 2. The van der Waals surface area contributed by atoms with Gasteiger partial charge in [-0.1, -0.05) is 6.92 Å². The highest BCUT2D eigenvalue weighted by atomic mass is 16.2. The number of nitrogens with zero attached hydrogens (tertiary/aromatic N) is 1. The van der Waals surface area contributed by atoms with Crippen LogP contribution in [-0.4, -0.2) is 36.6 Å². The second kappa shape index (κ2) is 3.77. The Kier molecular flexibility index (Phi) is 2.63. The van der Waals surface area contributed by atoms with E-state index in [-0.39, 0.29) is 6.03 Å². The molecular formula is C10H19N3O. The Bertz CT molecular complexity index is 219. The van der Waals surface area contributed by atoms with Crippen LogP contribution in [0, 0.1) is 11.8 Å². The van der Waals surface area contributed by atoms with Gasteiger partial charge < -0.3 is 16.0 Å². The van der Waals surface area contributed by atoms with Crippen molar-refractivity contribution in [1.82, 2.24) is 10.2 Å². The van der Waals surface area contributed by atoms with Crippen molar-refractivity contribution in [2.75, 3.05) is 19.6 Å². The van der Waals surface area contributed by atoms with E-state index >= 15 is 0 Å². The molecule has 4 nitrogen and oxygen atoms in total. The van der Waals surface area contributed by atoms with Gasteiger partial charge in [-0.05, 0) is 24.7 Å². The fraction of sp³-hybridized carbons (Fsp3) is 0.900. The summed E-state index contributed by atoms with van der Waals surface area (Å²) in [5.41, 5.74) is 5.93. The maximum Gasteiger partial charge on any atom is 0.317 e. The molecule has 14 heavy (non-hydrogen) atoms. The molecule has 2 aliphatic heterocycles. The molecule has 3 fully saturated rings. The van der Waals surface area contributed by atoms with Gasteiger partial charge in [0.25, 0.3) is 0 Å². The summed E-state index contributed by atoms with van der Waals surface area (Å²) in [5, 5.41) is 2.90. The van der Waals surface area contributed by atoms with Crippen LogP contribution in [0.5, 0.6) is 0 Å². The third-order valence-corrected chi connectivity index (χ3v) is 3.42. The van der Waals surface area contributed by atoms with Crippen molar-refractivity contribution in [3.8, 4) is 0 Å². The third kappa shape index (κ3) is 1.59. The van der Waals surface area contributed by atoms with Gasteiger partial charge in [0.05, 0.1) is 0 Å². The normalized spacial score (nSPS) is 35.0. The number of carbonyl (C=O) groups is 1. The summed E-state index contributed by atoms with van der Waals surface area (Å²) >= 11 is 0. The maximum atomic E-state index is 11.6. The van der Waals surface area contributed by atoms with E-state index in [4.69, 9.17) is 5.73 Å². The van der Waals surface area contributed by atoms with Crippen LogP contribution < -0.4 is 11.1 Å². The highest BCUT2D eigenvalue weighted by molar-refractivity contribution is 5.74. The van der Waals surface area contributed by atoms with E-state index in [0.717, 1.165) is 26.1 Å². The average Bonchev–Trinajstić information content (AvgIpc) is 2.25. The lowest BCUT2D eigenvalue weighted by atomic mass is 9.67. The minimum Gasteiger partial charge on any atom is -0.338 e. The number of fused-ring (bicyclic) bond motifs is 2. The van der Waals surface area contributed by atoms with E-state index in [1.807, 2.05) is 4.90 Å². The van der Waals surface area contributed by atoms with Gasteiger partial charge in [0, 0.05) is 25.7 Å². The van der Waals surface area contributed by atoms with Gasteiger partial charge in [0.2, 0.25) is 0 Å². The summed E-state index contributed by atoms with van der Waals surface area (Å²) in [4.78, 5) is 13.5. The molecule has 2 heterocycles. The van der Waals surface area contributed by atoms with Gasteiger partial charge in [-0.2, -0.15) is 0 Å². The average molecular weight is 197 g/mol. The van der Waals surface area contributed by atoms with Crippen molar-refractivity contribution >= 4 is 6.03 Å². The predicted molar refractivity (Wildman–Crippen MR) is 54.8 cm³/mol. The smallest absolute Gasteiger partial charge is 0.317 e. The van der Waals surface area contributed by atoms with E-state index < -0.39 is 0 Å². The zero-order valence-electron chi connectivity index (χ0n) is 8.70. The van der Waals surface area contributed by atoms with Crippen LogP contribution in [0.4, 0.5) is 4.79 Å². The van der Waals surface area contributed by atoms with Crippen LogP contribution in [0.2, 0.25) is 0 Å². The number of piperidine rings is 2. The second-order valence-electron chi connectivity index (χ2n) is 4.47. The fourth-order valence-corrected chi connectivity index (χ4v) is 2.43. The van der Waals surface area contributed by atoms with Gasteiger partial charge in [-0.25, -0.2) is 4.79 Å². The quantitative estimate of drug-likeness (QED) is 0.672. The summed E-state index contributed by atoms with van der Waals surface area (Å²) in [6.45, 7) is 4.54. The van der Waals surface area contributed by atoms with Gasteiger partial charge in [-0.15, -0.1) is 0 Å². The van der Waals surface area contributed by atoms with E-state index in [9.17, 15) is 4.79 Å². The molecular weight excluding hydrogens is 178 g/mol. The summed E-state index contributed by atoms with van der Waals surface area (Å²) in [6, 6.07) is 0.443. The number of nitrogens with two attached hydrogens (primary N) is 1. The number of urea groups is 1. The lowest BCUT2D eigenvalue weighted by Crippen LogP contribution is -2.64. The zero-order valence-corrected chi connectivity index (χ0v) is 8.70. The van der Waals surface area contributed by atoms with Crippen molar-refractivity contribution in [3.05, 3.63) is 0 Å². The first-order valence-electron chi connectivity index (χ1n) is 5.50. The van der Waals surface area contributed by atoms with E-state index in [2.05, 4.69) is 12.2 Å². The van der Waals surface area contributed by atoms with Crippen LogP contribution in [0.15, 0.2) is 0 Å². The Hall–Kier alpha value is -0.770. The Labute approximate surface area is 84.8 Å². The van der Waals surface area contributed by atoms with E-state index in [1.165, 1.54) is 6.42 Å². The third-order valence-electron chi connectivity index (χ3n) is 3.42. The number of hydrogen-bond donors (Lipinski definition) is 2. The van der Waals surface area contributed by atoms with Crippen LogP contribution >= 0.6 is 0 Å². The first kappa shape index (κ1) is 9.77. The van der Waals surface area contributed by atoms with Gasteiger partial charge in [-0.3, -0.25) is 0 Å². The molecule has 0 spiro atoms. The predicted octanol–water partition coefficient (Wildman–Crippen LogP) is 0.385. The first-order valence-corrected chi connectivity index (χ1v) is 5.50. The molecule has 2 atom stereocenters. The van der Waals surface area contributed by atoms with E-state index in [0.29, 0.717) is 17.9 Å². The largest absolute Gasteiger partial charge is 0.338 e. The molecule has 4 heteroatoms. The molecule has 2 bridgehead atoms. The number of carbonyl (C=O) groups excluding carboxylic acids is 1. The summed E-state index contributed by atoms with van der Waals surface area (Å²) in [7, 11) is 0. The van der Waals surface area contributed by atoms with Crippen LogP contribution in [0.25, 0.3) is 0 Å². The molecule has 3 N–H and O–H groups in total. The number of nitrogens with one attached hydrogen (secondary N) is 1. The van der Waals surface area contributed by atoms with Crippen molar-refractivity contribution in [2.24, 2.45) is 17.6 Å². The van der Waals surface area contributed by atoms with Crippen molar-refractivity contribution < 1.29 is 4.79 Å². The molecule has 2 amide bonds. The standard InChI is InChI=1S/C10H19N3O/c1-2-3-12-10(14)13-5-7-4-8(6-13)9(7)11/h7-9H,2-6,11H2,1H3,(H,12,14). The minimum atomic E-state index is 0.0912. The minimum absolute atomic E-state index is 0.0912. The molecule has 0 aromatic carbocycles. The number of rotatable bonds is 2. The van der Waals surface area contributed by atoms with E-state index in [1.54, 1.807) is 0 Å². The second-order valence-corrected chi connectivity index (χ2v) is 4.47. The monoisotopic (exact) mass is 197 g/mol. The molecule has 0 aromatic heterocycles. The van der Waals surface area contributed by atoms with Crippen molar-refractivity contribution in [2.45, 2.75) is 25.8 Å². The molecule has 0 aromatic rings. The molecule has 1 saturated carbocycles. The molecule has 3 aliphatic rings.